The lowest BCUT2D eigenvalue weighted by molar-refractivity contribution is 0.460. The molecule has 3 nitrogen and oxygen atoms in total. The van der Waals surface area contributed by atoms with Crippen molar-refractivity contribution in [1.82, 2.24) is 9.97 Å². The molecule has 0 N–H and O–H groups in total. The van der Waals surface area contributed by atoms with Crippen LogP contribution in [0, 0.1) is 27.7 Å². The number of rotatable bonds is 4. The van der Waals surface area contributed by atoms with Gasteiger partial charge < -0.3 is 4.74 Å². The molecule has 1 atom stereocenters. The molecule has 0 spiro atoms. The molecule has 1 aromatic carbocycles. The molecule has 0 fully saturated rings. The van der Waals surface area contributed by atoms with E-state index in [2.05, 4.69) is 62.8 Å². The second kappa shape index (κ2) is 6.83. The Morgan fingerprint density at radius 2 is 1.68 bits per heavy atom. The van der Waals surface area contributed by atoms with E-state index in [4.69, 9.17) is 4.74 Å². The van der Waals surface area contributed by atoms with Gasteiger partial charge in [0.1, 0.15) is 5.75 Å². The van der Waals surface area contributed by atoms with Gasteiger partial charge in [-0.2, -0.15) is 0 Å². The number of benzene rings is 1. The van der Waals surface area contributed by atoms with Gasteiger partial charge in [-0.3, -0.25) is 4.98 Å². The number of fused-ring (bicyclic) bond motifs is 1. The van der Waals surface area contributed by atoms with E-state index in [1.165, 1.54) is 5.56 Å². The van der Waals surface area contributed by atoms with Crippen LogP contribution in [0.25, 0.3) is 10.8 Å². The van der Waals surface area contributed by atoms with Crippen molar-refractivity contribution < 1.29 is 4.74 Å². The maximum Gasteiger partial charge on any atom is 0.227 e. The number of hydrogen-bond acceptors (Lipinski definition) is 3. The molecule has 25 heavy (non-hydrogen) atoms. The molecule has 0 radical (unpaired) electrons. The minimum Gasteiger partial charge on any atom is -0.438 e. The van der Waals surface area contributed by atoms with Crippen molar-refractivity contribution in [2.75, 3.05) is 0 Å². The van der Waals surface area contributed by atoms with Crippen molar-refractivity contribution in [3.63, 3.8) is 0 Å². The number of aromatic nitrogens is 2. The highest BCUT2D eigenvalue weighted by atomic mass is 16.5. The van der Waals surface area contributed by atoms with Gasteiger partial charge in [-0.1, -0.05) is 31.5 Å². The summed E-state index contributed by atoms with van der Waals surface area (Å²) in [6.07, 6.45) is 2.92. The summed E-state index contributed by atoms with van der Waals surface area (Å²) in [5.74, 6) is 1.96. The third-order valence-corrected chi connectivity index (χ3v) is 4.77. The topological polar surface area (TPSA) is 35.0 Å². The molecular formula is C22H26N2O. The normalized spacial score (nSPS) is 12.4. The fourth-order valence-corrected chi connectivity index (χ4v) is 3.38. The lowest BCUT2D eigenvalue weighted by Gasteiger charge is -2.16. The van der Waals surface area contributed by atoms with Crippen LogP contribution in [0.3, 0.4) is 0 Å². The first-order chi connectivity index (χ1) is 11.9. The van der Waals surface area contributed by atoms with Gasteiger partial charge in [0.25, 0.3) is 0 Å². The largest absolute Gasteiger partial charge is 0.438 e. The standard InChI is InChI=1S/C22H26N2O/c1-7-14(3)20-19-12-17(6)24-22(18(19)8-9-23-20)25-21-15(4)10-13(2)11-16(21)5/h8-12,14H,7H2,1-6H3. The predicted octanol–water partition coefficient (Wildman–Crippen LogP) is 6.17. The number of nitrogens with zero attached hydrogens (tertiary/aromatic N) is 2. The second-order valence-electron chi connectivity index (χ2n) is 7.00. The Morgan fingerprint density at radius 1 is 1.00 bits per heavy atom. The summed E-state index contributed by atoms with van der Waals surface area (Å²) in [5, 5.41) is 2.16. The van der Waals surface area contributed by atoms with Gasteiger partial charge in [-0.15, -0.1) is 0 Å². The van der Waals surface area contributed by atoms with Crippen LogP contribution in [0.5, 0.6) is 11.6 Å². The average Bonchev–Trinajstić information content (AvgIpc) is 2.56. The van der Waals surface area contributed by atoms with Crippen LogP contribution in [0.2, 0.25) is 0 Å². The molecule has 0 saturated heterocycles. The van der Waals surface area contributed by atoms with Gasteiger partial charge in [-0.25, -0.2) is 4.98 Å². The van der Waals surface area contributed by atoms with E-state index >= 15 is 0 Å². The molecule has 0 saturated carbocycles. The first-order valence-corrected chi connectivity index (χ1v) is 8.92. The third kappa shape index (κ3) is 3.37. The number of hydrogen-bond donors (Lipinski definition) is 0. The first kappa shape index (κ1) is 17.4. The molecule has 0 aliphatic heterocycles. The van der Waals surface area contributed by atoms with Crippen molar-refractivity contribution >= 4 is 10.8 Å². The lowest BCUT2D eigenvalue weighted by atomic mass is 9.99. The van der Waals surface area contributed by atoms with E-state index in [1.807, 2.05) is 19.2 Å². The van der Waals surface area contributed by atoms with Crippen LogP contribution < -0.4 is 4.74 Å². The van der Waals surface area contributed by atoms with Crippen LogP contribution in [0.15, 0.2) is 30.5 Å². The quantitative estimate of drug-likeness (QED) is 0.572. The van der Waals surface area contributed by atoms with Crippen LogP contribution in [-0.4, -0.2) is 9.97 Å². The molecular weight excluding hydrogens is 308 g/mol. The average molecular weight is 334 g/mol. The van der Waals surface area contributed by atoms with Gasteiger partial charge in [-0.05, 0) is 63.3 Å². The molecule has 0 aliphatic rings. The summed E-state index contributed by atoms with van der Waals surface area (Å²) >= 11 is 0. The fourth-order valence-electron chi connectivity index (χ4n) is 3.38. The van der Waals surface area contributed by atoms with Crippen molar-refractivity contribution in [1.29, 1.82) is 0 Å². The summed E-state index contributed by atoms with van der Waals surface area (Å²) in [5.41, 5.74) is 5.57. The molecule has 0 bridgehead atoms. The molecule has 1 unspecified atom stereocenters. The van der Waals surface area contributed by atoms with Crippen molar-refractivity contribution in [3.05, 3.63) is 58.5 Å². The molecule has 3 rings (SSSR count). The summed E-state index contributed by atoms with van der Waals surface area (Å²) in [6.45, 7) is 12.7. The molecule has 0 amide bonds. The molecule has 2 heterocycles. The summed E-state index contributed by atoms with van der Waals surface area (Å²) in [4.78, 5) is 9.31. The molecule has 0 aliphatic carbocycles. The zero-order chi connectivity index (χ0) is 18.1. The highest BCUT2D eigenvalue weighted by molar-refractivity contribution is 5.89. The Morgan fingerprint density at radius 3 is 2.32 bits per heavy atom. The Balaban J connectivity index is 2.18. The summed E-state index contributed by atoms with van der Waals surface area (Å²) in [7, 11) is 0. The zero-order valence-electron chi connectivity index (χ0n) is 16.0. The third-order valence-electron chi connectivity index (χ3n) is 4.77. The molecule has 130 valence electrons. The van der Waals surface area contributed by atoms with Gasteiger partial charge >= 0.3 is 0 Å². The summed E-state index contributed by atoms with van der Waals surface area (Å²) < 4.78 is 6.32. The van der Waals surface area contributed by atoms with E-state index in [1.54, 1.807) is 0 Å². The smallest absolute Gasteiger partial charge is 0.227 e. The first-order valence-electron chi connectivity index (χ1n) is 8.92. The highest BCUT2D eigenvalue weighted by Gasteiger charge is 2.15. The molecule has 3 aromatic rings. The molecule has 3 heteroatoms. The Bertz CT molecular complexity index is 908. The van der Waals surface area contributed by atoms with Crippen molar-refractivity contribution in [2.24, 2.45) is 0 Å². The zero-order valence-corrected chi connectivity index (χ0v) is 16.0. The van der Waals surface area contributed by atoms with Gasteiger partial charge in [0.05, 0.1) is 5.69 Å². The van der Waals surface area contributed by atoms with E-state index in [9.17, 15) is 0 Å². The monoisotopic (exact) mass is 334 g/mol. The minimum atomic E-state index is 0.404. The van der Waals surface area contributed by atoms with E-state index < -0.39 is 0 Å². The van der Waals surface area contributed by atoms with Crippen LogP contribution in [0.1, 0.15) is 54.3 Å². The van der Waals surface area contributed by atoms with Crippen LogP contribution in [0.4, 0.5) is 0 Å². The second-order valence-corrected chi connectivity index (χ2v) is 7.00. The van der Waals surface area contributed by atoms with Gasteiger partial charge in [0, 0.05) is 22.7 Å². The SMILES string of the molecule is CCC(C)c1nccc2c(Oc3c(C)cc(C)cc3C)nc(C)cc12. The molecule has 2 aromatic heterocycles. The maximum atomic E-state index is 6.32. The van der Waals surface area contributed by atoms with Crippen molar-refractivity contribution in [3.8, 4) is 11.6 Å². The van der Waals surface area contributed by atoms with Gasteiger partial charge in [0.15, 0.2) is 0 Å². The Hall–Kier alpha value is -2.42. The number of aryl methyl sites for hydroxylation is 4. The van der Waals surface area contributed by atoms with E-state index in [0.717, 1.165) is 45.5 Å². The van der Waals surface area contributed by atoms with Gasteiger partial charge in [0.2, 0.25) is 5.88 Å². The van der Waals surface area contributed by atoms with E-state index in [-0.39, 0.29) is 0 Å². The Labute approximate surface area is 150 Å². The maximum absolute atomic E-state index is 6.32. The summed E-state index contributed by atoms with van der Waals surface area (Å²) in [6, 6.07) is 8.41. The minimum absolute atomic E-state index is 0.404. The van der Waals surface area contributed by atoms with Crippen molar-refractivity contribution in [2.45, 2.75) is 53.9 Å². The van der Waals surface area contributed by atoms with Crippen LogP contribution >= 0.6 is 0 Å². The lowest BCUT2D eigenvalue weighted by Crippen LogP contribution is -2.01. The highest BCUT2D eigenvalue weighted by Crippen LogP contribution is 2.35. The number of ether oxygens (including phenoxy) is 1. The number of pyridine rings is 2. The fraction of sp³-hybridized carbons (Fsp3) is 0.364. The van der Waals surface area contributed by atoms with Crippen LogP contribution in [-0.2, 0) is 0 Å². The predicted molar refractivity (Wildman–Crippen MR) is 104 cm³/mol. The van der Waals surface area contributed by atoms with E-state index in [0.29, 0.717) is 11.8 Å². The Kier molecular flexibility index (Phi) is 4.76.